The first kappa shape index (κ1) is 13.0. The van der Waals surface area contributed by atoms with E-state index in [0.717, 1.165) is 0 Å². The van der Waals surface area contributed by atoms with Crippen molar-refractivity contribution in [3.05, 3.63) is 23.8 Å². The van der Waals surface area contributed by atoms with Gasteiger partial charge in [-0.15, -0.1) is 0 Å². The summed E-state index contributed by atoms with van der Waals surface area (Å²) in [7, 11) is 1.46. The number of nitrogens with one attached hydrogen (secondary N) is 1. The Morgan fingerprint density at radius 1 is 1.39 bits per heavy atom. The molecule has 1 aliphatic carbocycles. The minimum Gasteiger partial charge on any atom is -0.508 e. The Bertz CT molecular complexity index is 441. The van der Waals surface area contributed by atoms with Gasteiger partial charge in [-0.1, -0.05) is 0 Å². The maximum Gasteiger partial charge on any atom is 0.406 e. The van der Waals surface area contributed by atoms with E-state index in [-0.39, 0.29) is 25.1 Å². The van der Waals surface area contributed by atoms with E-state index in [1.165, 1.54) is 19.2 Å². The van der Waals surface area contributed by atoms with Gasteiger partial charge in [-0.25, -0.2) is 0 Å². The summed E-state index contributed by atoms with van der Waals surface area (Å²) < 4.78 is 43.0. The van der Waals surface area contributed by atoms with Crippen molar-refractivity contribution in [2.45, 2.75) is 31.1 Å². The van der Waals surface area contributed by atoms with Gasteiger partial charge >= 0.3 is 6.18 Å². The summed E-state index contributed by atoms with van der Waals surface area (Å²) in [6.45, 7) is -0.0391. The van der Waals surface area contributed by atoms with Crippen LogP contribution in [0.15, 0.2) is 18.2 Å². The first-order chi connectivity index (χ1) is 8.38. The van der Waals surface area contributed by atoms with Crippen molar-refractivity contribution in [3.63, 3.8) is 0 Å². The lowest BCUT2D eigenvalue weighted by Crippen LogP contribution is -2.44. The van der Waals surface area contributed by atoms with Crippen LogP contribution < -0.4 is 10.1 Å². The van der Waals surface area contributed by atoms with Gasteiger partial charge in [-0.05, 0) is 31.0 Å². The molecule has 2 rings (SSSR count). The molecule has 1 aromatic rings. The molecule has 1 aliphatic rings. The van der Waals surface area contributed by atoms with Crippen molar-refractivity contribution in [2.75, 3.05) is 7.11 Å². The van der Waals surface area contributed by atoms with Gasteiger partial charge in [-0.3, -0.25) is 5.32 Å². The first-order valence-corrected chi connectivity index (χ1v) is 5.56. The van der Waals surface area contributed by atoms with Crippen LogP contribution in [0, 0.1) is 0 Å². The quantitative estimate of drug-likeness (QED) is 0.875. The molecule has 0 unspecified atom stereocenters. The number of hydrogen-bond acceptors (Lipinski definition) is 3. The standard InChI is InChI=1S/C12H14F3NO2/c1-18-9-2-3-10(17)8(6-9)7-16-11(4-5-11)12(13,14)15/h2-3,6,16-17H,4-5,7H2,1H3. The van der Waals surface area contributed by atoms with Crippen molar-refractivity contribution in [1.82, 2.24) is 5.32 Å². The molecule has 0 atom stereocenters. The van der Waals surface area contributed by atoms with E-state index in [0.29, 0.717) is 11.3 Å². The Balaban J connectivity index is 2.07. The molecule has 3 nitrogen and oxygen atoms in total. The van der Waals surface area contributed by atoms with E-state index in [2.05, 4.69) is 5.32 Å². The number of ether oxygens (including phenoxy) is 1. The minimum atomic E-state index is -4.25. The molecule has 0 saturated heterocycles. The average Bonchev–Trinajstić information content (AvgIpc) is 3.08. The molecule has 0 aliphatic heterocycles. The van der Waals surface area contributed by atoms with Crippen LogP contribution in [-0.2, 0) is 6.54 Å². The van der Waals surface area contributed by atoms with Crippen LogP contribution in [0.25, 0.3) is 0 Å². The van der Waals surface area contributed by atoms with Gasteiger partial charge in [0.1, 0.15) is 17.0 Å². The number of phenols is 1. The molecule has 1 fully saturated rings. The normalized spacial score (nSPS) is 17.6. The smallest absolute Gasteiger partial charge is 0.406 e. The molecule has 0 radical (unpaired) electrons. The van der Waals surface area contributed by atoms with Crippen LogP contribution in [0.3, 0.4) is 0 Å². The van der Waals surface area contributed by atoms with E-state index in [1.807, 2.05) is 0 Å². The highest BCUT2D eigenvalue weighted by atomic mass is 19.4. The molecule has 0 amide bonds. The Hall–Kier alpha value is -1.43. The number of benzene rings is 1. The summed E-state index contributed by atoms with van der Waals surface area (Å²) >= 11 is 0. The zero-order valence-corrected chi connectivity index (χ0v) is 9.84. The molecule has 100 valence electrons. The van der Waals surface area contributed by atoms with Crippen LogP contribution in [0.5, 0.6) is 11.5 Å². The summed E-state index contributed by atoms with van der Waals surface area (Å²) in [5.41, 5.74) is -1.38. The topological polar surface area (TPSA) is 41.5 Å². The maximum atomic E-state index is 12.7. The van der Waals surface area contributed by atoms with Gasteiger partial charge in [0.25, 0.3) is 0 Å². The van der Waals surface area contributed by atoms with E-state index in [1.54, 1.807) is 6.07 Å². The van der Waals surface area contributed by atoms with Crippen molar-refractivity contribution in [1.29, 1.82) is 0 Å². The maximum absolute atomic E-state index is 12.7. The number of rotatable bonds is 4. The van der Waals surface area contributed by atoms with Gasteiger partial charge in [0.2, 0.25) is 0 Å². The highest BCUT2D eigenvalue weighted by Gasteiger charge is 2.62. The second kappa shape index (κ2) is 4.35. The van der Waals surface area contributed by atoms with E-state index in [9.17, 15) is 18.3 Å². The summed E-state index contributed by atoms with van der Waals surface area (Å²) in [5.74, 6) is 0.461. The van der Waals surface area contributed by atoms with Crippen LogP contribution in [0.1, 0.15) is 18.4 Å². The van der Waals surface area contributed by atoms with Gasteiger partial charge < -0.3 is 9.84 Å². The predicted octanol–water partition coefficient (Wildman–Crippen LogP) is 2.59. The van der Waals surface area contributed by atoms with E-state index in [4.69, 9.17) is 4.74 Å². The Kier molecular flexibility index (Phi) is 3.14. The fourth-order valence-electron chi connectivity index (χ4n) is 1.78. The monoisotopic (exact) mass is 261 g/mol. The summed E-state index contributed by atoms with van der Waals surface area (Å²) in [5, 5.41) is 12.1. The molecule has 2 N–H and O–H groups in total. The van der Waals surface area contributed by atoms with Gasteiger partial charge in [0, 0.05) is 12.1 Å². The summed E-state index contributed by atoms with van der Waals surface area (Å²) in [6.07, 6.45) is -4.08. The van der Waals surface area contributed by atoms with Crippen LogP contribution in [0.2, 0.25) is 0 Å². The minimum absolute atomic E-state index is 0.0391. The van der Waals surface area contributed by atoms with Gasteiger partial charge in [0.15, 0.2) is 0 Å². The number of halogens is 3. The molecular weight excluding hydrogens is 247 g/mol. The number of aromatic hydroxyl groups is 1. The van der Waals surface area contributed by atoms with E-state index < -0.39 is 11.7 Å². The lowest BCUT2D eigenvalue weighted by Gasteiger charge is -2.21. The Labute approximate surface area is 103 Å². The predicted molar refractivity (Wildman–Crippen MR) is 59.5 cm³/mol. The third-order valence-electron chi connectivity index (χ3n) is 3.20. The number of alkyl halides is 3. The SMILES string of the molecule is COc1ccc(O)c(CNC2(C(F)(F)F)CC2)c1. The summed E-state index contributed by atoms with van der Waals surface area (Å²) in [6, 6.07) is 4.48. The second-order valence-corrected chi connectivity index (χ2v) is 4.43. The van der Waals surface area contributed by atoms with Gasteiger partial charge in [-0.2, -0.15) is 13.2 Å². The number of methoxy groups -OCH3 is 1. The number of phenolic OH excluding ortho intramolecular Hbond substituents is 1. The largest absolute Gasteiger partial charge is 0.508 e. The molecule has 0 spiro atoms. The zero-order chi connectivity index (χ0) is 13.4. The fourth-order valence-corrected chi connectivity index (χ4v) is 1.78. The molecule has 18 heavy (non-hydrogen) atoms. The van der Waals surface area contributed by atoms with Crippen molar-refractivity contribution >= 4 is 0 Å². The zero-order valence-electron chi connectivity index (χ0n) is 9.84. The Morgan fingerprint density at radius 3 is 2.56 bits per heavy atom. The molecule has 1 aromatic carbocycles. The van der Waals surface area contributed by atoms with E-state index >= 15 is 0 Å². The van der Waals surface area contributed by atoms with Crippen molar-refractivity contribution in [2.24, 2.45) is 0 Å². The van der Waals surface area contributed by atoms with Crippen LogP contribution in [-0.4, -0.2) is 23.9 Å². The van der Waals surface area contributed by atoms with Crippen LogP contribution in [0.4, 0.5) is 13.2 Å². The fraction of sp³-hybridized carbons (Fsp3) is 0.500. The average molecular weight is 261 g/mol. The first-order valence-electron chi connectivity index (χ1n) is 5.56. The summed E-state index contributed by atoms with van der Waals surface area (Å²) in [4.78, 5) is 0. The van der Waals surface area contributed by atoms with Gasteiger partial charge in [0.05, 0.1) is 7.11 Å². The molecular formula is C12H14F3NO2. The third-order valence-corrected chi connectivity index (χ3v) is 3.20. The third kappa shape index (κ3) is 2.38. The van der Waals surface area contributed by atoms with Crippen molar-refractivity contribution in [3.8, 4) is 11.5 Å². The lowest BCUT2D eigenvalue weighted by atomic mass is 10.1. The lowest BCUT2D eigenvalue weighted by molar-refractivity contribution is -0.166. The molecule has 0 heterocycles. The molecule has 6 heteroatoms. The van der Waals surface area contributed by atoms with Crippen molar-refractivity contribution < 1.29 is 23.0 Å². The highest BCUT2D eigenvalue weighted by molar-refractivity contribution is 5.39. The molecule has 0 bridgehead atoms. The molecule has 0 aromatic heterocycles. The Morgan fingerprint density at radius 2 is 2.06 bits per heavy atom. The molecule has 1 saturated carbocycles. The highest BCUT2D eigenvalue weighted by Crippen LogP contribution is 2.49. The van der Waals surface area contributed by atoms with Crippen LogP contribution >= 0.6 is 0 Å². The second-order valence-electron chi connectivity index (χ2n) is 4.43. The number of hydrogen-bond donors (Lipinski definition) is 2.